The van der Waals surface area contributed by atoms with Crippen LogP contribution in [-0.4, -0.2) is 19.5 Å². The van der Waals surface area contributed by atoms with Crippen LogP contribution in [0.1, 0.15) is 24.3 Å². The Morgan fingerprint density at radius 2 is 1.87 bits per heavy atom. The van der Waals surface area contributed by atoms with Crippen molar-refractivity contribution < 1.29 is 4.42 Å². The lowest BCUT2D eigenvalue weighted by Gasteiger charge is -2.18. The molecule has 0 saturated carbocycles. The molecule has 5 aromatic rings. The van der Waals surface area contributed by atoms with Crippen LogP contribution >= 0.6 is 0 Å². The molecule has 2 N–H and O–H groups in total. The fourth-order valence-corrected chi connectivity index (χ4v) is 3.78. The quantitative estimate of drug-likeness (QED) is 0.492. The summed E-state index contributed by atoms with van der Waals surface area (Å²) in [5.74, 6) is 0.851. The number of benzene rings is 2. The van der Waals surface area contributed by atoms with Crippen molar-refractivity contribution in [3.05, 3.63) is 82.7 Å². The van der Waals surface area contributed by atoms with Crippen molar-refractivity contribution in [1.29, 1.82) is 0 Å². The van der Waals surface area contributed by atoms with Gasteiger partial charge in [-0.15, -0.1) is 0 Å². The lowest BCUT2D eigenvalue weighted by atomic mass is 9.98. The number of nitrogens with zero attached hydrogens (tertiary/aromatic N) is 4. The molecule has 3 heterocycles. The van der Waals surface area contributed by atoms with Crippen LogP contribution in [0.15, 0.2) is 70.4 Å². The van der Waals surface area contributed by atoms with Crippen LogP contribution < -0.4 is 11.2 Å². The first-order valence-electron chi connectivity index (χ1n) is 9.60. The Labute approximate surface area is 171 Å². The van der Waals surface area contributed by atoms with Crippen LogP contribution in [-0.2, 0) is 0 Å². The zero-order valence-electron chi connectivity index (χ0n) is 16.5. The Balaban J connectivity index is 1.82. The van der Waals surface area contributed by atoms with E-state index in [0.29, 0.717) is 39.3 Å². The Morgan fingerprint density at radius 3 is 2.67 bits per heavy atom. The van der Waals surface area contributed by atoms with Crippen LogP contribution in [0, 0.1) is 6.92 Å². The van der Waals surface area contributed by atoms with Crippen molar-refractivity contribution in [1.82, 2.24) is 19.5 Å². The smallest absolute Gasteiger partial charge is 0.200 e. The van der Waals surface area contributed by atoms with Crippen LogP contribution in [0.4, 0.5) is 5.82 Å². The van der Waals surface area contributed by atoms with E-state index in [4.69, 9.17) is 10.2 Å². The van der Waals surface area contributed by atoms with Gasteiger partial charge in [0.2, 0.25) is 5.43 Å². The first kappa shape index (κ1) is 18.1. The highest BCUT2D eigenvalue weighted by Gasteiger charge is 2.24. The number of fused-ring (bicyclic) bond motifs is 2. The number of aryl methyl sites for hydroxylation is 1. The van der Waals surface area contributed by atoms with Gasteiger partial charge in [0.05, 0.1) is 23.3 Å². The highest BCUT2D eigenvalue weighted by atomic mass is 16.3. The molecular weight excluding hydrogens is 378 g/mol. The first-order chi connectivity index (χ1) is 14.5. The highest BCUT2D eigenvalue weighted by Crippen LogP contribution is 2.32. The van der Waals surface area contributed by atoms with Gasteiger partial charge in [-0.1, -0.05) is 42.0 Å². The predicted molar refractivity (Wildman–Crippen MR) is 116 cm³/mol. The second-order valence-electron chi connectivity index (χ2n) is 7.30. The molecule has 0 amide bonds. The normalized spacial score (nSPS) is 12.5. The van der Waals surface area contributed by atoms with Gasteiger partial charge in [-0.3, -0.25) is 4.79 Å². The minimum absolute atomic E-state index is 0.0634. The summed E-state index contributed by atoms with van der Waals surface area (Å²) in [4.78, 5) is 26.3. The average Bonchev–Trinajstić information content (AvgIpc) is 3.20. The standard InChI is InChI=1S/C23H19N5O2/c1-13-8-9-17-16(10-13)20(29)18(15-6-4-3-5-7-15)21(30-17)14(2)28-12-27-19-22(24)25-11-26-23(19)28/h3-12,14H,1-2H3,(H2,24,25,26). The third kappa shape index (κ3) is 2.75. The molecule has 2 aromatic carbocycles. The summed E-state index contributed by atoms with van der Waals surface area (Å²) in [6.45, 7) is 3.91. The van der Waals surface area contributed by atoms with Crippen LogP contribution in [0.2, 0.25) is 0 Å². The molecule has 148 valence electrons. The van der Waals surface area contributed by atoms with Crippen molar-refractivity contribution in [3.8, 4) is 11.1 Å². The van der Waals surface area contributed by atoms with E-state index in [1.165, 1.54) is 6.33 Å². The molecule has 1 atom stereocenters. The largest absolute Gasteiger partial charge is 0.458 e. The van der Waals surface area contributed by atoms with Crippen LogP contribution in [0.3, 0.4) is 0 Å². The number of aromatic nitrogens is 4. The highest BCUT2D eigenvalue weighted by molar-refractivity contribution is 5.84. The van der Waals surface area contributed by atoms with E-state index in [0.717, 1.165) is 11.1 Å². The summed E-state index contributed by atoms with van der Waals surface area (Å²) < 4.78 is 8.17. The van der Waals surface area contributed by atoms with E-state index < -0.39 is 0 Å². The third-order valence-electron chi connectivity index (χ3n) is 5.32. The molecule has 0 aliphatic rings. The van der Waals surface area contributed by atoms with Crippen molar-refractivity contribution in [2.45, 2.75) is 19.9 Å². The summed E-state index contributed by atoms with van der Waals surface area (Å²) in [6, 6.07) is 14.8. The number of hydrogen-bond acceptors (Lipinski definition) is 6. The average molecular weight is 397 g/mol. The van der Waals surface area contributed by atoms with Gasteiger partial charge in [-0.2, -0.15) is 0 Å². The maximum atomic E-state index is 13.6. The molecule has 3 aromatic heterocycles. The van der Waals surface area contributed by atoms with E-state index in [9.17, 15) is 4.79 Å². The van der Waals surface area contributed by atoms with E-state index in [2.05, 4.69) is 15.0 Å². The van der Waals surface area contributed by atoms with Gasteiger partial charge in [0.15, 0.2) is 11.5 Å². The molecule has 0 aliphatic carbocycles. The molecule has 7 nitrogen and oxygen atoms in total. The molecular formula is C23H19N5O2. The summed E-state index contributed by atoms with van der Waals surface area (Å²) in [5, 5.41) is 0.562. The molecule has 0 aliphatic heterocycles. The molecule has 0 bridgehead atoms. The van der Waals surface area contributed by atoms with Gasteiger partial charge in [-0.25, -0.2) is 15.0 Å². The minimum atomic E-state index is -0.349. The van der Waals surface area contributed by atoms with Crippen molar-refractivity contribution in [2.24, 2.45) is 0 Å². The van der Waals surface area contributed by atoms with Gasteiger partial charge < -0.3 is 14.7 Å². The van der Waals surface area contributed by atoms with E-state index in [1.54, 1.807) is 6.33 Å². The molecule has 0 saturated heterocycles. The van der Waals surface area contributed by atoms with Crippen molar-refractivity contribution >= 4 is 28.0 Å². The zero-order chi connectivity index (χ0) is 20.8. The SMILES string of the molecule is Cc1ccc2oc(C(C)n3cnc4c(N)ncnc43)c(-c3ccccc3)c(=O)c2c1. The second kappa shape index (κ2) is 6.81. The minimum Gasteiger partial charge on any atom is -0.458 e. The number of nitrogens with two attached hydrogens (primary N) is 1. The van der Waals surface area contributed by atoms with Gasteiger partial charge >= 0.3 is 0 Å². The lowest BCUT2D eigenvalue weighted by Crippen LogP contribution is -2.15. The number of nitrogen functional groups attached to an aromatic ring is 1. The fourth-order valence-electron chi connectivity index (χ4n) is 3.78. The maximum absolute atomic E-state index is 13.6. The van der Waals surface area contributed by atoms with E-state index in [1.807, 2.05) is 66.9 Å². The van der Waals surface area contributed by atoms with Crippen LogP contribution in [0.25, 0.3) is 33.3 Å². The summed E-state index contributed by atoms with van der Waals surface area (Å²) in [7, 11) is 0. The summed E-state index contributed by atoms with van der Waals surface area (Å²) in [6.07, 6.45) is 3.05. The Morgan fingerprint density at radius 1 is 1.07 bits per heavy atom. The Bertz CT molecular complexity index is 1450. The number of anilines is 1. The summed E-state index contributed by atoms with van der Waals surface area (Å²) in [5.41, 5.74) is 9.86. The summed E-state index contributed by atoms with van der Waals surface area (Å²) >= 11 is 0. The lowest BCUT2D eigenvalue weighted by molar-refractivity contribution is 0.468. The van der Waals surface area contributed by atoms with Crippen molar-refractivity contribution in [2.75, 3.05) is 5.73 Å². The van der Waals surface area contributed by atoms with Gasteiger partial charge in [0.25, 0.3) is 0 Å². The molecule has 7 heteroatoms. The Kier molecular flexibility index (Phi) is 4.10. The van der Waals surface area contributed by atoms with Crippen LogP contribution in [0.5, 0.6) is 0 Å². The maximum Gasteiger partial charge on any atom is 0.200 e. The van der Waals surface area contributed by atoms with Gasteiger partial charge in [0.1, 0.15) is 23.2 Å². The van der Waals surface area contributed by atoms with E-state index >= 15 is 0 Å². The van der Waals surface area contributed by atoms with Crippen molar-refractivity contribution in [3.63, 3.8) is 0 Å². The Hall–Kier alpha value is -4.00. The van der Waals surface area contributed by atoms with Gasteiger partial charge in [0, 0.05) is 0 Å². The number of imidazole rings is 1. The molecule has 5 rings (SSSR count). The molecule has 0 spiro atoms. The second-order valence-corrected chi connectivity index (χ2v) is 7.30. The number of hydrogen-bond donors (Lipinski definition) is 1. The first-order valence-corrected chi connectivity index (χ1v) is 9.60. The zero-order valence-corrected chi connectivity index (χ0v) is 16.5. The topological polar surface area (TPSA) is 99.8 Å². The molecule has 1 unspecified atom stereocenters. The van der Waals surface area contributed by atoms with Gasteiger partial charge in [-0.05, 0) is 31.5 Å². The third-order valence-corrected chi connectivity index (χ3v) is 5.32. The molecule has 30 heavy (non-hydrogen) atoms. The predicted octanol–water partition coefficient (Wildman–Crippen LogP) is 4.10. The fraction of sp³-hybridized carbons (Fsp3) is 0.130. The molecule has 0 fully saturated rings. The molecule has 0 radical (unpaired) electrons. The number of rotatable bonds is 3. The monoisotopic (exact) mass is 397 g/mol. The van der Waals surface area contributed by atoms with E-state index in [-0.39, 0.29) is 11.5 Å².